The van der Waals surface area contributed by atoms with Crippen LogP contribution in [0.2, 0.25) is 0 Å². The molecule has 0 aliphatic heterocycles. The van der Waals surface area contributed by atoms with Crippen molar-refractivity contribution in [1.29, 1.82) is 5.26 Å². The van der Waals surface area contributed by atoms with Gasteiger partial charge in [0, 0.05) is 6.08 Å². The van der Waals surface area contributed by atoms with Crippen LogP contribution in [0.15, 0.2) is 30.4 Å². The fourth-order valence-electron chi connectivity index (χ4n) is 1.72. The number of allylic oxidation sites excluding steroid dienone is 3. The van der Waals surface area contributed by atoms with E-state index in [1.54, 1.807) is 13.2 Å². The molecule has 2 heteroatoms. The molecule has 0 amide bonds. The number of benzene rings is 1. The van der Waals surface area contributed by atoms with Gasteiger partial charge in [0.15, 0.2) is 0 Å². The summed E-state index contributed by atoms with van der Waals surface area (Å²) in [7, 11) is 1.65. The Morgan fingerprint density at radius 2 is 2.33 bits per heavy atom. The third-order valence-electron chi connectivity index (χ3n) is 2.48. The second kappa shape index (κ2) is 4.02. The van der Waals surface area contributed by atoms with Crippen LogP contribution in [0.25, 0.3) is 11.6 Å². The molecular weight excluding hydrogens is 186 g/mol. The van der Waals surface area contributed by atoms with Crippen LogP contribution in [0.3, 0.4) is 0 Å². The van der Waals surface area contributed by atoms with E-state index in [-0.39, 0.29) is 0 Å². The second-order valence-corrected chi connectivity index (χ2v) is 3.36. The summed E-state index contributed by atoms with van der Waals surface area (Å²) in [4.78, 5) is 0. The molecule has 0 saturated heterocycles. The van der Waals surface area contributed by atoms with E-state index in [1.807, 2.05) is 18.2 Å². The van der Waals surface area contributed by atoms with Crippen molar-refractivity contribution in [3.05, 3.63) is 41.5 Å². The van der Waals surface area contributed by atoms with E-state index >= 15 is 0 Å². The number of hydrogen-bond acceptors (Lipinski definition) is 2. The van der Waals surface area contributed by atoms with Crippen LogP contribution >= 0.6 is 0 Å². The predicted molar refractivity (Wildman–Crippen MR) is 60.2 cm³/mol. The summed E-state index contributed by atoms with van der Waals surface area (Å²) in [5.74, 6) is 0.827. The Labute approximate surface area is 89.1 Å². The smallest absolute Gasteiger partial charge is 0.119 e. The third kappa shape index (κ3) is 1.77. The van der Waals surface area contributed by atoms with E-state index in [0.29, 0.717) is 0 Å². The highest BCUT2D eigenvalue weighted by atomic mass is 16.5. The summed E-state index contributed by atoms with van der Waals surface area (Å²) in [6.45, 7) is 0. The number of nitrogens with zero attached hydrogens (tertiary/aromatic N) is 1. The molecule has 0 radical (unpaired) electrons. The zero-order valence-corrected chi connectivity index (χ0v) is 8.53. The Hall–Kier alpha value is -2.01. The Kier molecular flexibility index (Phi) is 2.55. The minimum absolute atomic E-state index is 0.813. The molecule has 0 fully saturated rings. The first-order valence-electron chi connectivity index (χ1n) is 4.79. The molecule has 2 rings (SSSR count). The Bertz CT molecular complexity index is 478. The van der Waals surface area contributed by atoms with Crippen LogP contribution < -0.4 is 4.74 Å². The second-order valence-electron chi connectivity index (χ2n) is 3.36. The lowest BCUT2D eigenvalue weighted by molar-refractivity contribution is 0.414. The molecule has 0 saturated carbocycles. The highest BCUT2D eigenvalue weighted by Crippen LogP contribution is 2.31. The van der Waals surface area contributed by atoms with Gasteiger partial charge in [0.25, 0.3) is 0 Å². The summed E-state index contributed by atoms with van der Waals surface area (Å²) in [5.41, 5.74) is 3.29. The Balaban J connectivity index is 2.55. The first-order chi connectivity index (χ1) is 7.35. The van der Waals surface area contributed by atoms with Gasteiger partial charge < -0.3 is 4.74 Å². The van der Waals surface area contributed by atoms with Gasteiger partial charge >= 0.3 is 0 Å². The number of nitriles is 1. The average Bonchev–Trinajstić information content (AvgIpc) is 2.29. The monoisotopic (exact) mass is 197 g/mol. The van der Waals surface area contributed by atoms with E-state index in [9.17, 15) is 0 Å². The molecule has 0 aromatic heterocycles. The first-order valence-corrected chi connectivity index (χ1v) is 4.79. The van der Waals surface area contributed by atoms with Crippen molar-refractivity contribution in [2.24, 2.45) is 0 Å². The quantitative estimate of drug-likeness (QED) is 0.648. The molecule has 0 bridgehead atoms. The van der Waals surface area contributed by atoms with Crippen molar-refractivity contribution in [3.8, 4) is 11.8 Å². The summed E-state index contributed by atoms with van der Waals surface area (Å²) in [5, 5.41) is 8.69. The van der Waals surface area contributed by atoms with Gasteiger partial charge in [-0.3, -0.25) is 0 Å². The lowest BCUT2D eigenvalue weighted by atomic mass is 9.92. The Morgan fingerprint density at radius 3 is 3.07 bits per heavy atom. The number of rotatable bonds is 1. The molecule has 2 nitrogen and oxygen atoms in total. The Morgan fingerprint density at radius 1 is 1.47 bits per heavy atom. The van der Waals surface area contributed by atoms with E-state index in [2.05, 4.69) is 18.2 Å². The largest absolute Gasteiger partial charge is 0.497 e. The fraction of sp³-hybridized carbons (Fsp3) is 0.154. The highest BCUT2D eigenvalue weighted by Gasteiger charge is 2.10. The maximum absolute atomic E-state index is 8.69. The summed E-state index contributed by atoms with van der Waals surface area (Å²) in [6.07, 6.45) is 6.55. The van der Waals surface area contributed by atoms with Crippen molar-refractivity contribution in [1.82, 2.24) is 0 Å². The van der Waals surface area contributed by atoms with Gasteiger partial charge in [-0.05, 0) is 35.3 Å². The molecule has 1 aromatic rings. The molecule has 1 aromatic carbocycles. The van der Waals surface area contributed by atoms with Gasteiger partial charge in [0.1, 0.15) is 5.75 Å². The van der Waals surface area contributed by atoms with Gasteiger partial charge in [-0.25, -0.2) is 0 Å². The van der Waals surface area contributed by atoms with Crippen LogP contribution in [0.1, 0.15) is 17.5 Å². The summed E-state index contributed by atoms with van der Waals surface area (Å²) < 4.78 is 5.17. The average molecular weight is 197 g/mol. The first kappa shape index (κ1) is 9.54. The van der Waals surface area contributed by atoms with Gasteiger partial charge in [-0.15, -0.1) is 0 Å². The molecule has 0 atom stereocenters. The highest BCUT2D eigenvalue weighted by molar-refractivity contribution is 5.80. The lowest BCUT2D eigenvalue weighted by Gasteiger charge is -2.14. The normalized spacial score (nSPS) is 15.9. The number of methoxy groups -OCH3 is 1. The minimum atomic E-state index is 0.813. The maximum atomic E-state index is 8.69. The van der Waals surface area contributed by atoms with E-state index in [4.69, 9.17) is 10.00 Å². The van der Waals surface area contributed by atoms with Crippen molar-refractivity contribution < 1.29 is 4.74 Å². The third-order valence-corrected chi connectivity index (χ3v) is 2.48. The fourth-order valence-corrected chi connectivity index (χ4v) is 1.72. The maximum Gasteiger partial charge on any atom is 0.119 e. The van der Waals surface area contributed by atoms with Gasteiger partial charge in [0.05, 0.1) is 13.2 Å². The molecule has 15 heavy (non-hydrogen) atoms. The van der Waals surface area contributed by atoms with Crippen LogP contribution in [0.4, 0.5) is 0 Å². The number of hydrogen-bond donors (Lipinski definition) is 0. The molecule has 0 spiro atoms. The molecule has 74 valence electrons. The molecular formula is C13H11NO. The standard InChI is InChI=1S/C13H11NO/c1-15-12-6-5-10-3-2-4-11(7-8-14)13(10)9-12/h2-3,5-7,9H,4H2,1H3/b11-7+. The van der Waals surface area contributed by atoms with Crippen LogP contribution in [-0.4, -0.2) is 7.11 Å². The van der Waals surface area contributed by atoms with Gasteiger partial charge in [-0.1, -0.05) is 18.2 Å². The SMILES string of the molecule is COc1ccc2c(c1)/C(=C/C#N)CC=C2. The van der Waals surface area contributed by atoms with E-state index in [0.717, 1.165) is 28.9 Å². The van der Waals surface area contributed by atoms with Gasteiger partial charge in [0.2, 0.25) is 0 Å². The summed E-state index contributed by atoms with van der Waals surface area (Å²) in [6, 6.07) is 7.99. The predicted octanol–water partition coefficient (Wildman–Crippen LogP) is 3.02. The topological polar surface area (TPSA) is 33.0 Å². The van der Waals surface area contributed by atoms with Crippen molar-refractivity contribution >= 4 is 11.6 Å². The van der Waals surface area contributed by atoms with Crippen molar-refractivity contribution in [2.45, 2.75) is 6.42 Å². The molecule has 1 aliphatic carbocycles. The van der Waals surface area contributed by atoms with Crippen LogP contribution in [0, 0.1) is 11.3 Å². The van der Waals surface area contributed by atoms with Crippen molar-refractivity contribution in [2.75, 3.05) is 7.11 Å². The van der Waals surface area contributed by atoms with E-state index < -0.39 is 0 Å². The summed E-state index contributed by atoms with van der Waals surface area (Å²) >= 11 is 0. The van der Waals surface area contributed by atoms with Crippen LogP contribution in [-0.2, 0) is 0 Å². The zero-order chi connectivity index (χ0) is 10.7. The van der Waals surface area contributed by atoms with Crippen molar-refractivity contribution in [3.63, 3.8) is 0 Å². The zero-order valence-electron chi connectivity index (χ0n) is 8.53. The molecule has 0 heterocycles. The van der Waals surface area contributed by atoms with Gasteiger partial charge in [-0.2, -0.15) is 5.26 Å². The van der Waals surface area contributed by atoms with Crippen LogP contribution in [0.5, 0.6) is 5.75 Å². The lowest BCUT2D eigenvalue weighted by Crippen LogP contribution is -1.94. The van der Waals surface area contributed by atoms with E-state index in [1.165, 1.54) is 0 Å². The molecule has 0 N–H and O–H groups in total. The minimum Gasteiger partial charge on any atom is -0.497 e. The number of fused-ring (bicyclic) bond motifs is 1. The number of ether oxygens (including phenoxy) is 1. The molecule has 1 aliphatic rings. The molecule has 0 unspecified atom stereocenters.